The van der Waals surface area contributed by atoms with Gasteiger partial charge in [0.05, 0.1) is 12.2 Å². The molecule has 2 heterocycles. The predicted octanol–water partition coefficient (Wildman–Crippen LogP) is 4.84. The Morgan fingerprint density at radius 3 is 2.81 bits per heavy atom. The molecule has 4 N–H and O–H groups in total. The molecule has 5 nitrogen and oxygen atoms in total. The maximum Gasteiger partial charge on any atom is 0.195 e. The lowest BCUT2D eigenvalue weighted by molar-refractivity contribution is 0.976. The topological polar surface area (TPSA) is 81.8 Å². The number of guanidine groups is 1. The zero-order valence-corrected chi connectivity index (χ0v) is 15.3. The second-order valence-corrected chi connectivity index (χ2v) is 7.14. The van der Waals surface area contributed by atoms with Crippen LogP contribution in [0.3, 0.4) is 0 Å². The molecule has 130 valence electrons. The molecule has 0 radical (unpaired) electrons. The van der Waals surface area contributed by atoms with Crippen molar-refractivity contribution in [2.75, 3.05) is 4.90 Å². The maximum atomic E-state index is 7.93. The van der Waals surface area contributed by atoms with Gasteiger partial charge in [-0.15, -0.1) is 11.3 Å². The number of hydrogen-bond acceptors (Lipinski definition) is 3. The van der Waals surface area contributed by atoms with Gasteiger partial charge in [-0.25, -0.2) is 4.98 Å². The lowest BCUT2D eigenvalue weighted by Gasteiger charge is -2.19. The van der Waals surface area contributed by atoms with Gasteiger partial charge in [0.1, 0.15) is 0 Å². The van der Waals surface area contributed by atoms with Gasteiger partial charge >= 0.3 is 0 Å². The number of anilines is 1. The second kappa shape index (κ2) is 6.82. The van der Waals surface area contributed by atoms with Crippen molar-refractivity contribution in [3.05, 3.63) is 70.7 Å². The first-order chi connectivity index (χ1) is 12.6. The van der Waals surface area contributed by atoms with Gasteiger partial charge in [0.25, 0.3) is 0 Å². The van der Waals surface area contributed by atoms with Gasteiger partial charge in [0.15, 0.2) is 11.1 Å². The average Bonchev–Trinajstić information content (AvgIpc) is 3.26. The molecule has 0 saturated heterocycles. The van der Waals surface area contributed by atoms with Crippen LogP contribution in [0.15, 0.2) is 60.1 Å². The Kier molecular flexibility index (Phi) is 4.36. The van der Waals surface area contributed by atoms with Gasteiger partial charge in [-0.1, -0.05) is 41.9 Å². The molecular formula is C19H16ClN5S. The summed E-state index contributed by atoms with van der Waals surface area (Å²) in [4.78, 5) is 9.65. The van der Waals surface area contributed by atoms with Crippen LogP contribution in [0.2, 0.25) is 5.02 Å². The number of benzene rings is 2. The van der Waals surface area contributed by atoms with Gasteiger partial charge in [-0.2, -0.15) is 0 Å². The Morgan fingerprint density at radius 1 is 1.23 bits per heavy atom. The van der Waals surface area contributed by atoms with E-state index in [1.54, 1.807) is 4.90 Å². The molecule has 2 aromatic heterocycles. The first-order valence-corrected chi connectivity index (χ1v) is 9.25. The van der Waals surface area contributed by atoms with E-state index in [1.165, 1.54) is 11.3 Å². The number of rotatable bonds is 4. The van der Waals surface area contributed by atoms with E-state index in [9.17, 15) is 0 Å². The molecule has 4 aromatic rings. The van der Waals surface area contributed by atoms with Gasteiger partial charge < -0.3 is 10.7 Å². The minimum atomic E-state index is -0.0308. The van der Waals surface area contributed by atoms with Crippen LogP contribution in [0, 0.1) is 5.41 Å². The minimum Gasteiger partial charge on any atom is -0.370 e. The molecule has 0 spiro atoms. The van der Waals surface area contributed by atoms with E-state index in [0.29, 0.717) is 16.7 Å². The van der Waals surface area contributed by atoms with Crippen LogP contribution in [0.5, 0.6) is 0 Å². The van der Waals surface area contributed by atoms with E-state index in [1.807, 2.05) is 60.1 Å². The predicted molar refractivity (Wildman–Crippen MR) is 109 cm³/mol. The molecule has 26 heavy (non-hydrogen) atoms. The zero-order valence-electron chi connectivity index (χ0n) is 13.7. The summed E-state index contributed by atoms with van der Waals surface area (Å²) in [6, 6.07) is 15.6. The molecule has 0 saturated carbocycles. The van der Waals surface area contributed by atoms with Crippen LogP contribution in [0.25, 0.3) is 22.2 Å². The van der Waals surface area contributed by atoms with Crippen molar-refractivity contribution < 1.29 is 0 Å². The highest BCUT2D eigenvalue weighted by Gasteiger charge is 2.17. The molecule has 0 amide bonds. The van der Waals surface area contributed by atoms with Crippen molar-refractivity contribution in [3.63, 3.8) is 0 Å². The fourth-order valence-corrected chi connectivity index (χ4v) is 3.85. The minimum absolute atomic E-state index is 0.0308. The van der Waals surface area contributed by atoms with Crippen LogP contribution in [-0.4, -0.2) is 15.9 Å². The third-order valence-corrected chi connectivity index (χ3v) is 5.22. The highest BCUT2D eigenvalue weighted by molar-refractivity contribution is 7.14. The number of nitrogens with two attached hydrogens (primary N) is 1. The molecular weight excluding hydrogens is 366 g/mol. The van der Waals surface area contributed by atoms with Crippen molar-refractivity contribution >= 4 is 44.9 Å². The lowest BCUT2D eigenvalue weighted by atomic mass is 10.1. The van der Waals surface area contributed by atoms with Crippen LogP contribution in [0.4, 0.5) is 5.13 Å². The Balaban J connectivity index is 1.69. The summed E-state index contributed by atoms with van der Waals surface area (Å²) in [7, 11) is 0. The molecule has 0 unspecified atom stereocenters. The highest BCUT2D eigenvalue weighted by atomic mass is 35.5. The van der Waals surface area contributed by atoms with E-state index in [4.69, 9.17) is 27.7 Å². The molecule has 0 aliphatic carbocycles. The van der Waals surface area contributed by atoms with Crippen LogP contribution in [0.1, 0.15) is 5.56 Å². The molecule has 4 rings (SSSR count). The summed E-state index contributed by atoms with van der Waals surface area (Å²) in [6.07, 6.45) is 1.93. The molecule has 7 heteroatoms. The van der Waals surface area contributed by atoms with Crippen LogP contribution in [-0.2, 0) is 6.54 Å². The molecule has 0 atom stereocenters. The Bertz CT molecular complexity index is 1070. The number of nitrogens with zero attached hydrogens (tertiary/aromatic N) is 2. The Hall–Kier alpha value is -2.83. The zero-order chi connectivity index (χ0) is 18.1. The number of halogens is 1. The monoisotopic (exact) mass is 381 g/mol. The van der Waals surface area contributed by atoms with Gasteiger partial charge in [-0.3, -0.25) is 10.3 Å². The van der Waals surface area contributed by atoms with E-state index in [-0.39, 0.29) is 5.96 Å². The molecule has 0 aliphatic heterocycles. The standard InChI is InChI=1S/C19H16ClN5S/c20-13-6-7-16-14(8-13)15(9-23-16)17-11-26-19(24-17)25(18(21)22)10-12-4-2-1-3-5-12/h1-9,11,23H,10H2,(H3,21,22). The van der Waals surface area contributed by atoms with Crippen LogP contribution < -0.4 is 10.6 Å². The summed E-state index contributed by atoms with van der Waals surface area (Å²) in [5, 5.41) is 12.3. The number of hydrogen-bond donors (Lipinski definition) is 3. The summed E-state index contributed by atoms with van der Waals surface area (Å²) < 4.78 is 0. The van der Waals surface area contributed by atoms with Crippen molar-refractivity contribution in [3.8, 4) is 11.3 Å². The Morgan fingerprint density at radius 2 is 2.04 bits per heavy atom. The van der Waals surface area contributed by atoms with Gasteiger partial charge in [0, 0.05) is 33.1 Å². The number of nitrogens with one attached hydrogen (secondary N) is 2. The second-order valence-electron chi connectivity index (χ2n) is 5.86. The molecule has 2 aromatic carbocycles. The molecule has 0 bridgehead atoms. The smallest absolute Gasteiger partial charge is 0.195 e. The molecule has 0 fully saturated rings. The van der Waals surface area contributed by atoms with E-state index < -0.39 is 0 Å². The van der Waals surface area contributed by atoms with E-state index in [0.717, 1.165) is 27.7 Å². The van der Waals surface area contributed by atoms with Crippen molar-refractivity contribution in [2.45, 2.75) is 6.54 Å². The van der Waals surface area contributed by atoms with Crippen molar-refractivity contribution in [1.29, 1.82) is 5.41 Å². The first kappa shape index (κ1) is 16.6. The lowest BCUT2D eigenvalue weighted by Crippen LogP contribution is -2.35. The quantitative estimate of drug-likeness (QED) is 0.349. The summed E-state index contributed by atoms with van der Waals surface area (Å²) in [6.45, 7) is 0.503. The third-order valence-electron chi connectivity index (χ3n) is 4.12. The fourth-order valence-electron chi connectivity index (χ4n) is 2.84. The van der Waals surface area contributed by atoms with Gasteiger partial charge in [0.2, 0.25) is 0 Å². The van der Waals surface area contributed by atoms with Crippen molar-refractivity contribution in [2.24, 2.45) is 5.73 Å². The van der Waals surface area contributed by atoms with Crippen molar-refractivity contribution in [1.82, 2.24) is 9.97 Å². The first-order valence-electron chi connectivity index (χ1n) is 8.00. The largest absolute Gasteiger partial charge is 0.370 e. The summed E-state index contributed by atoms with van der Waals surface area (Å²) in [5.41, 5.74) is 9.69. The normalized spacial score (nSPS) is 11.0. The number of fused-ring (bicyclic) bond motifs is 1. The Labute approximate surface area is 159 Å². The summed E-state index contributed by atoms with van der Waals surface area (Å²) >= 11 is 7.60. The average molecular weight is 382 g/mol. The van der Waals surface area contributed by atoms with E-state index >= 15 is 0 Å². The SMILES string of the molecule is N=C(N)N(Cc1ccccc1)c1nc(-c2c[nH]c3ccc(Cl)cc23)cs1. The summed E-state index contributed by atoms with van der Waals surface area (Å²) in [5.74, 6) is -0.0308. The number of aromatic amines is 1. The van der Waals surface area contributed by atoms with Crippen LogP contribution >= 0.6 is 22.9 Å². The highest BCUT2D eigenvalue weighted by Crippen LogP contribution is 2.33. The molecule has 0 aliphatic rings. The van der Waals surface area contributed by atoms with Gasteiger partial charge in [-0.05, 0) is 23.8 Å². The number of aromatic nitrogens is 2. The maximum absolute atomic E-state index is 7.93. The third kappa shape index (κ3) is 3.16. The fraction of sp³-hybridized carbons (Fsp3) is 0.0526. The number of thiazole rings is 1. The number of H-pyrrole nitrogens is 1. The van der Waals surface area contributed by atoms with E-state index in [2.05, 4.69) is 4.98 Å².